The van der Waals surface area contributed by atoms with E-state index < -0.39 is 49.4 Å². The van der Waals surface area contributed by atoms with Gasteiger partial charge in [-0.25, -0.2) is 0 Å². The Morgan fingerprint density at radius 3 is 1.28 bits per heavy atom. The van der Waals surface area contributed by atoms with Gasteiger partial charge in [-0.1, -0.05) is 230 Å². The maximum atomic E-state index is 12.9. The Hall–Kier alpha value is -2.08. The molecule has 0 aliphatic carbocycles. The number of ether oxygens (including phenoxy) is 4. The number of rotatable bonds is 48. The molecule has 10 heteroatoms. The standard InChI is InChI=1S/C57H104O10/c1-3-5-7-9-11-13-15-17-19-21-23-24-25-26-28-29-31-33-35-37-39-41-43-45-52(59)64-48-50(49-65-57-56(63)55(62)54(61)51(47-58)67-57)66-53(60)46-44-42-40-38-36-34-32-30-27-22-20-18-16-14-12-10-8-6-4-2/h12,14,18,20,27,30,50-51,54-58,61-63H,3-11,13,15-17,19,21-26,28-29,31-49H2,1-2H3/b14-12-,20-18-,30-27-. The van der Waals surface area contributed by atoms with Gasteiger partial charge in [0.1, 0.15) is 31.0 Å². The summed E-state index contributed by atoms with van der Waals surface area (Å²) >= 11 is 0. The summed E-state index contributed by atoms with van der Waals surface area (Å²) in [6.45, 7) is 3.43. The van der Waals surface area contributed by atoms with E-state index in [9.17, 15) is 30.0 Å². The van der Waals surface area contributed by atoms with Crippen LogP contribution in [0.5, 0.6) is 0 Å². The molecule has 0 spiro atoms. The van der Waals surface area contributed by atoms with E-state index in [1.165, 1.54) is 154 Å². The van der Waals surface area contributed by atoms with Crippen molar-refractivity contribution in [2.45, 2.75) is 295 Å². The minimum Gasteiger partial charge on any atom is -0.462 e. The Morgan fingerprint density at radius 1 is 0.463 bits per heavy atom. The third kappa shape index (κ3) is 38.4. The Morgan fingerprint density at radius 2 is 0.836 bits per heavy atom. The Bertz CT molecular complexity index is 1190. The highest BCUT2D eigenvalue weighted by atomic mass is 16.7. The second-order valence-electron chi connectivity index (χ2n) is 19.4. The molecule has 67 heavy (non-hydrogen) atoms. The van der Waals surface area contributed by atoms with Crippen molar-refractivity contribution in [1.82, 2.24) is 0 Å². The van der Waals surface area contributed by atoms with Gasteiger partial charge in [0.2, 0.25) is 0 Å². The SMILES string of the molecule is CCCCC/C=C\C/C=C\C/C=C\CCCCCCCCC(=O)OC(COC(=O)CCCCCCCCCCCCCCCCCCCCCCCCC)COC1OC(CO)C(O)C(O)C1O. The molecular weight excluding hydrogens is 845 g/mol. The van der Waals surface area contributed by atoms with Crippen LogP contribution in [-0.4, -0.2) is 89.0 Å². The van der Waals surface area contributed by atoms with Crippen molar-refractivity contribution < 1.29 is 49.0 Å². The van der Waals surface area contributed by atoms with E-state index in [1.807, 2.05) is 0 Å². The highest BCUT2D eigenvalue weighted by Crippen LogP contribution is 2.23. The van der Waals surface area contributed by atoms with Crippen molar-refractivity contribution in [2.24, 2.45) is 0 Å². The van der Waals surface area contributed by atoms with E-state index in [0.717, 1.165) is 70.6 Å². The van der Waals surface area contributed by atoms with Gasteiger partial charge in [0, 0.05) is 12.8 Å². The molecule has 0 amide bonds. The number of carbonyl (C=O) groups excluding carboxylic acids is 2. The number of hydrogen-bond acceptors (Lipinski definition) is 10. The number of unbranched alkanes of at least 4 members (excludes halogenated alkanes) is 31. The molecule has 6 unspecified atom stereocenters. The van der Waals surface area contributed by atoms with Crippen LogP contribution < -0.4 is 0 Å². The fourth-order valence-electron chi connectivity index (χ4n) is 8.61. The molecule has 0 bridgehead atoms. The molecule has 0 radical (unpaired) electrons. The average Bonchev–Trinajstić information content (AvgIpc) is 3.33. The van der Waals surface area contributed by atoms with Crippen molar-refractivity contribution in [1.29, 1.82) is 0 Å². The first-order valence-corrected chi connectivity index (χ1v) is 28.1. The van der Waals surface area contributed by atoms with Crippen LogP contribution in [0.15, 0.2) is 36.5 Å². The topological polar surface area (TPSA) is 152 Å². The van der Waals surface area contributed by atoms with E-state index in [0.29, 0.717) is 6.42 Å². The van der Waals surface area contributed by atoms with E-state index >= 15 is 0 Å². The lowest BCUT2D eigenvalue weighted by Gasteiger charge is -2.39. The van der Waals surface area contributed by atoms with E-state index in [2.05, 4.69) is 50.3 Å². The predicted molar refractivity (Wildman–Crippen MR) is 275 cm³/mol. The molecule has 0 aromatic rings. The molecule has 6 atom stereocenters. The number of hydrogen-bond donors (Lipinski definition) is 4. The van der Waals surface area contributed by atoms with E-state index in [4.69, 9.17) is 18.9 Å². The van der Waals surface area contributed by atoms with Gasteiger partial charge in [-0.15, -0.1) is 0 Å². The maximum absolute atomic E-state index is 12.9. The smallest absolute Gasteiger partial charge is 0.306 e. The second kappa shape index (κ2) is 47.6. The van der Waals surface area contributed by atoms with Crippen molar-refractivity contribution in [3.63, 3.8) is 0 Å². The van der Waals surface area contributed by atoms with E-state index in [1.54, 1.807) is 0 Å². The van der Waals surface area contributed by atoms with Crippen LogP contribution in [0.25, 0.3) is 0 Å². The third-order valence-corrected chi connectivity index (χ3v) is 13.0. The molecule has 1 aliphatic heterocycles. The highest BCUT2D eigenvalue weighted by molar-refractivity contribution is 5.70. The normalized spacial score (nSPS) is 19.3. The quantitative estimate of drug-likeness (QED) is 0.0263. The van der Waals surface area contributed by atoms with Crippen LogP contribution in [0, 0.1) is 0 Å². The molecule has 1 saturated heterocycles. The molecule has 0 aromatic heterocycles. The number of carbonyl (C=O) groups is 2. The van der Waals surface area contributed by atoms with Crippen molar-refractivity contribution in [2.75, 3.05) is 19.8 Å². The highest BCUT2D eigenvalue weighted by Gasteiger charge is 2.44. The van der Waals surface area contributed by atoms with Gasteiger partial charge in [-0.2, -0.15) is 0 Å². The van der Waals surface area contributed by atoms with Crippen LogP contribution in [0.1, 0.15) is 258 Å². The first kappa shape index (κ1) is 62.9. The minimum atomic E-state index is -1.60. The summed E-state index contributed by atoms with van der Waals surface area (Å²) in [5, 5.41) is 40.3. The fraction of sp³-hybridized carbons (Fsp3) is 0.860. The van der Waals surface area contributed by atoms with Crippen molar-refractivity contribution in [3.8, 4) is 0 Å². The monoisotopic (exact) mass is 949 g/mol. The van der Waals surface area contributed by atoms with Crippen LogP contribution in [0.4, 0.5) is 0 Å². The molecule has 1 rings (SSSR count). The summed E-state index contributed by atoms with van der Waals surface area (Å²) in [5.74, 6) is -0.809. The summed E-state index contributed by atoms with van der Waals surface area (Å²) < 4.78 is 22.3. The zero-order valence-corrected chi connectivity index (χ0v) is 43.2. The van der Waals surface area contributed by atoms with E-state index in [-0.39, 0.29) is 32.0 Å². The maximum Gasteiger partial charge on any atom is 0.306 e. The molecular formula is C57H104O10. The molecule has 1 heterocycles. The lowest BCUT2D eigenvalue weighted by Crippen LogP contribution is -2.59. The summed E-state index contributed by atoms with van der Waals surface area (Å²) in [6.07, 6.45) is 50.1. The molecule has 1 fully saturated rings. The average molecular weight is 949 g/mol. The lowest BCUT2D eigenvalue weighted by atomic mass is 9.99. The molecule has 392 valence electrons. The number of aliphatic hydroxyl groups excluding tert-OH is 4. The zero-order valence-electron chi connectivity index (χ0n) is 43.2. The van der Waals surface area contributed by atoms with Crippen LogP contribution >= 0.6 is 0 Å². The largest absolute Gasteiger partial charge is 0.462 e. The minimum absolute atomic E-state index is 0.217. The Balaban J connectivity index is 2.21. The van der Waals surface area contributed by atoms with Gasteiger partial charge in [-0.3, -0.25) is 9.59 Å². The predicted octanol–water partition coefficient (Wildman–Crippen LogP) is 13.8. The van der Waals surface area contributed by atoms with Gasteiger partial charge in [0.25, 0.3) is 0 Å². The van der Waals surface area contributed by atoms with Crippen LogP contribution in [0.3, 0.4) is 0 Å². The first-order valence-electron chi connectivity index (χ1n) is 28.1. The zero-order chi connectivity index (χ0) is 48.7. The number of aliphatic hydroxyl groups is 4. The van der Waals surface area contributed by atoms with Gasteiger partial charge in [0.15, 0.2) is 12.4 Å². The van der Waals surface area contributed by atoms with Gasteiger partial charge < -0.3 is 39.4 Å². The summed E-state index contributed by atoms with van der Waals surface area (Å²) in [7, 11) is 0. The Labute approximate surface area is 410 Å². The first-order chi connectivity index (χ1) is 32.8. The molecule has 0 saturated carbocycles. The van der Waals surface area contributed by atoms with Crippen molar-refractivity contribution in [3.05, 3.63) is 36.5 Å². The Kier molecular flexibility index (Phi) is 44.7. The van der Waals surface area contributed by atoms with Gasteiger partial charge in [0.05, 0.1) is 13.2 Å². The van der Waals surface area contributed by atoms with Crippen molar-refractivity contribution >= 4 is 11.9 Å². The molecule has 0 aromatic carbocycles. The summed E-state index contributed by atoms with van der Waals surface area (Å²) in [4.78, 5) is 25.5. The van der Waals surface area contributed by atoms with Gasteiger partial charge >= 0.3 is 11.9 Å². The lowest BCUT2D eigenvalue weighted by molar-refractivity contribution is -0.305. The molecule has 1 aliphatic rings. The fourth-order valence-corrected chi connectivity index (χ4v) is 8.61. The number of esters is 2. The summed E-state index contributed by atoms with van der Waals surface area (Å²) in [5.41, 5.74) is 0. The molecule has 10 nitrogen and oxygen atoms in total. The number of allylic oxidation sites excluding steroid dienone is 6. The van der Waals surface area contributed by atoms with Gasteiger partial charge in [-0.05, 0) is 51.4 Å². The molecule has 4 N–H and O–H groups in total. The third-order valence-electron chi connectivity index (χ3n) is 13.0. The summed E-state index contributed by atoms with van der Waals surface area (Å²) in [6, 6.07) is 0. The van der Waals surface area contributed by atoms with Crippen LogP contribution in [0.2, 0.25) is 0 Å². The second-order valence-corrected chi connectivity index (χ2v) is 19.4. The van der Waals surface area contributed by atoms with Crippen LogP contribution in [-0.2, 0) is 28.5 Å².